The van der Waals surface area contributed by atoms with Gasteiger partial charge in [0.2, 0.25) is 5.91 Å². The third kappa shape index (κ3) is 1.76. The summed E-state index contributed by atoms with van der Waals surface area (Å²) in [6, 6.07) is 5.30. The number of carbonyl (C=O) groups is 1. The zero-order valence-corrected chi connectivity index (χ0v) is 9.56. The molecule has 2 N–H and O–H groups in total. The number of anilines is 1. The van der Waals surface area contributed by atoms with Crippen LogP contribution in [0.5, 0.6) is 5.75 Å². The molecule has 0 aliphatic carbocycles. The first-order valence-electron chi connectivity index (χ1n) is 5.42. The van der Waals surface area contributed by atoms with Gasteiger partial charge in [-0.3, -0.25) is 4.79 Å². The first kappa shape index (κ1) is 11.0. The number of aryl methyl sites for hydroxylation is 1. The van der Waals surface area contributed by atoms with Crippen LogP contribution in [0.2, 0.25) is 0 Å². The molecule has 2 rings (SSSR count). The minimum atomic E-state index is -0.581. The number of carbonyl (C=O) groups excluding carboxylic acids is 1. The van der Waals surface area contributed by atoms with Crippen molar-refractivity contribution < 1.29 is 9.53 Å². The summed E-state index contributed by atoms with van der Waals surface area (Å²) in [5, 5.41) is 0. The van der Waals surface area contributed by atoms with Crippen molar-refractivity contribution in [1.29, 1.82) is 0 Å². The van der Waals surface area contributed by atoms with Crippen LogP contribution in [0.4, 0.5) is 5.69 Å². The van der Waals surface area contributed by atoms with Crippen LogP contribution >= 0.6 is 0 Å². The van der Waals surface area contributed by atoms with Crippen molar-refractivity contribution in [2.45, 2.75) is 19.4 Å². The average molecular weight is 220 g/mol. The van der Waals surface area contributed by atoms with E-state index in [1.54, 1.807) is 11.9 Å². The van der Waals surface area contributed by atoms with E-state index >= 15 is 0 Å². The van der Waals surface area contributed by atoms with E-state index in [2.05, 4.69) is 6.92 Å². The van der Waals surface area contributed by atoms with E-state index in [1.807, 2.05) is 18.2 Å². The van der Waals surface area contributed by atoms with Crippen LogP contribution in [-0.4, -0.2) is 25.6 Å². The molecule has 0 saturated carbocycles. The fraction of sp³-hybridized carbons (Fsp3) is 0.417. The summed E-state index contributed by atoms with van der Waals surface area (Å²) in [5.41, 5.74) is 7.68. The van der Waals surface area contributed by atoms with Crippen LogP contribution in [0.1, 0.15) is 12.5 Å². The SMILES string of the molecule is CCc1ccc2c(c1)N(C)C(=O)C(N)CO2. The minimum Gasteiger partial charge on any atom is -0.489 e. The van der Waals surface area contributed by atoms with Crippen LogP contribution in [0.3, 0.4) is 0 Å². The fourth-order valence-corrected chi connectivity index (χ4v) is 1.79. The average Bonchev–Trinajstić information content (AvgIpc) is 2.42. The van der Waals surface area contributed by atoms with Gasteiger partial charge in [0.15, 0.2) is 0 Å². The van der Waals surface area contributed by atoms with Gasteiger partial charge in [0.25, 0.3) is 0 Å². The lowest BCUT2D eigenvalue weighted by atomic mass is 10.1. The molecule has 0 aromatic heterocycles. The summed E-state index contributed by atoms with van der Waals surface area (Å²) in [7, 11) is 1.73. The van der Waals surface area contributed by atoms with E-state index in [9.17, 15) is 4.79 Å². The van der Waals surface area contributed by atoms with Crippen molar-refractivity contribution in [3.05, 3.63) is 23.8 Å². The molecule has 1 atom stereocenters. The molecule has 1 unspecified atom stereocenters. The van der Waals surface area contributed by atoms with Crippen LogP contribution < -0.4 is 15.4 Å². The fourth-order valence-electron chi connectivity index (χ4n) is 1.79. The Hall–Kier alpha value is -1.55. The van der Waals surface area contributed by atoms with Gasteiger partial charge in [-0.15, -0.1) is 0 Å². The molecule has 4 nitrogen and oxygen atoms in total. The second-order valence-electron chi connectivity index (χ2n) is 3.97. The highest BCUT2D eigenvalue weighted by atomic mass is 16.5. The lowest BCUT2D eigenvalue weighted by Gasteiger charge is -2.18. The van der Waals surface area contributed by atoms with E-state index in [4.69, 9.17) is 10.5 Å². The first-order valence-corrected chi connectivity index (χ1v) is 5.42. The minimum absolute atomic E-state index is 0.105. The predicted octanol–water partition coefficient (Wildman–Crippen LogP) is 0.931. The Morgan fingerprint density at radius 3 is 3.00 bits per heavy atom. The van der Waals surface area contributed by atoms with E-state index in [0.29, 0.717) is 0 Å². The van der Waals surface area contributed by atoms with Gasteiger partial charge in [-0.25, -0.2) is 0 Å². The molecule has 86 valence electrons. The quantitative estimate of drug-likeness (QED) is 0.766. The van der Waals surface area contributed by atoms with Gasteiger partial charge in [0.1, 0.15) is 18.4 Å². The van der Waals surface area contributed by atoms with Gasteiger partial charge in [-0.05, 0) is 24.1 Å². The number of rotatable bonds is 1. The van der Waals surface area contributed by atoms with Crippen molar-refractivity contribution >= 4 is 11.6 Å². The number of nitrogens with zero attached hydrogens (tertiary/aromatic N) is 1. The normalized spacial score (nSPS) is 20.1. The number of hydrogen-bond acceptors (Lipinski definition) is 3. The molecular weight excluding hydrogens is 204 g/mol. The van der Waals surface area contributed by atoms with E-state index in [0.717, 1.165) is 17.9 Å². The number of likely N-dealkylation sites (N-methyl/N-ethyl adjacent to an activating group) is 1. The predicted molar refractivity (Wildman–Crippen MR) is 62.7 cm³/mol. The molecule has 0 bridgehead atoms. The number of amides is 1. The molecule has 0 saturated heterocycles. The van der Waals surface area contributed by atoms with E-state index in [-0.39, 0.29) is 12.5 Å². The smallest absolute Gasteiger partial charge is 0.247 e. The standard InChI is InChI=1S/C12H16N2O2/c1-3-8-4-5-11-10(6-8)14(2)12(15)9(13)7-16-11/h4-6,9H,3,7,13H2,1-2H3. The molecule has 0 spiro atoms. The molecule has 1 aromatic rings. The molecule has 4 heteroatoms. The maximum absolute atomic E-state index is 11.8. The highest BCUT2D eigenvalue weighted by Gasteiger charge is 2.26. The van der Waals surface area contributed by atoms with Gasteiger partial charge >= 0.3 is 0 Å². The summed E-state index contributed by atoms with van der Waals surface area (Å²) in [6.45, 7) is 2.31. The molecule has 1 aromatic carbocycles. The molecule has 1 amide bonds. The van der Waals surface area contributed by atoms with Crippen molar-refractivity contribution in [2.24, 2.45) is 5.73 Å². The summed E-state index contributed by atoms with van der Waals surface area (Å²) in [4.78, 5) is 13.4. The second-order valence-corrected chi connectivity index (χ2v) is 3.97. The monoisotopic (exact) mass is 220 g/mol. The van der Waals surface area contributed by atoms with Gasteiger partial charge in [-0.1, -0.05) is 13.0 Å². The second kappa shape index (κ2) is 4.14. The number of hydrogen-bond donors (Lipinski definition) is 1. The lowest BCUT2D eigenvalue weighted by molar-refractivity contribution is -0.119. The Balaban J connectivity index is 2.45. The molecule has 0 radical (unpaired) electrons. The Kier molecular flexibility index (Phi) is 2.83. The number of fused-ring (bicyclic) bond motifs is 1. The van der Waals surface area contributed by atoms with Crippen molar-refractivity contribution in [1.82, 2.24) is 0 Å². The maximum Gasteiger partial charge on any atom is 0.247 e. The Morgan fingerprint density at radius 1 is 1.56 bits per heavy atom. The third-order valence-corrected chi connectivity index (χ3v) is 2.86. The Labute approximate surface area is 95.0 Å². The maximum atomic E-state index is 11.8. The van der Waals surface area contributed by atoms with Gasteiger partial charge in [0, 0.05) is 7.05 Å². The van der Waals surface area contributed by atoms with E-state index in [1.165, 1.54) is 5.56 Å². The largest absolute Gasteiger partial charge is 0.489 e. The van der Waals surface area contributed by atoms with Crippen LogP contribution in [0, 0.1) is 0 Å². The lowest BCUT2D eigenvalue weighted by Crippen LogP contribution is -2.43. The molecule has 1 aliphatic rings. The Morgan fingerprint density at radius 2 is 2.31 bits per heavy atom. The van der Waals surface area contributed by atoms with Crippen LogP contribution in [0.25, 0.3) is 0 Å². The van der Waals surface area contributed by atoms with Gasteiger partial charge in [-0.2, -0.15) is 0 Å². The molecule has 0 fully saturated rings. The molecule has 16 heavy (non-hydrogen) atoms. The summed E-state index contributed by atoms with van der Waals surface area (Å²) in [6.07, 6.45) is 0.932. The molecular formula is C12H16N2O2. The Bertz CT molecular complexity index is 417. The zero-order valence-electron chi connectivity index (χ0n) is 9.56. The van der Waals surface area contributed by atoms with Crippen molar-refractivity contribution in [3.8, 4) is 5.75 Å². The first-order chi connectivity index (χ1) is 7.63. The molecule has 1 heterocycles. The number of benzene rings is 1. The van der Waals surface area contributed by atoms with E-state index < -0.39 is 6.04 Å². The van der Waals surface area contributed by atoms with Crippen molar-refractivity contribution in [3.63, 3.8) is 0 Å². The van der Waals surface area contributed by atoms with Gasteiger partial charge in [0.05, 0.1) is 5.69 Å². The highest BCUT2D eigenvalue weighted by Crippen LogP contribution is 2.31. The highest BCUT2D eigenvalue weighted by molar-refractivity contribution is 5.98. The number of nitrogens with two attached hydrogens (primary N) is 1. The van der Waals surface area contributed by atoms with Crippen LogP contribution in [-0.2, 0) is 11.2 Å². The summed E-state index contributed by atoms with van der Waals surface area (Å²) in [5.74, 6) is 0.619. The van der Waals surface area contributed by atoms with Crippen LogP contribution in [0.15, 0.2) is 18.2 Å². The number of ether oxygens (including phenoxy) is 1. The molecule has 1 aliphatic heterocycles. The topological polar surface area (TPSA) is 55.6 Å². The third-order valence-electron chi connectivity index (χ3n) is 2.86. The van der Waals surface area contributed by atoms with Gasteiger partial charge < -0.3 is 15.4 Å². The summed E-state index contributed by atoms with van der Waals surface area (Å²) < 4.78 is 5.51. The summed E-state index contributed by atoms with van der Waals surface area (Å²) >= 11 is 0. The van der Waals surface area contributed by atoms with Crippen molar-refractivity contribution in [2.75, 3.05) is 18.6 Å². The zero-order chi connectivity index (χ0) is 11.7.